The highest BCUT2D eigenvalue weighted by Crippen LogP contribution is 2.38. The molecular formula is C17H23N5O2S. The van der Waals surface area contributed by atoms with Gasteiger partial charge < -0.3 is 15.1 Å². The highest BCUT2D eigenvalue weighted by Gasteiger charge is 2.38. The zero-order valence-corrected chi connectivity index (χ0v) is 15.7. The number of nitrogens with one attached hydrogen (secondary N) is 1. The van der Waals surface area contributed by atoms with Crippen molar-refractivity contribution >= 4 is 17.7 Å². The van der Waals surface area contributed by atoms with Crippen molar-refractivity contribution in [2.45, 2.75) is 37.2 Å². The Morgan fingerprint density at radius 3 is 2.56 bits per heavy atom. The molecule has 1 aliphatic heterocycles. The van der Waals surface area contributed by atoms with Crippen LogP contribution < -0.4 is 10.2 Å². The average Bonchev–Trinajstić information content (AvgIpc) is 3.02. The summed E-state index contributed by atoms with van der Waals surface area (Å²) in [5.41, 5.74) is 4.44. The van der Waals surface area contributed by atoms with Crippen molar-refractivity contribution in [2.75, 3.05) is 25.6 Å². The third-order valence-corrected chi connectivity index (χ3v) is 5.59. The van der Waals surface area contributed by atoms with Crippen molar-refractivity contribution in [3.63, 3.8) is 0 Å². The summed E-state index contributed by atoms with van der Waals surface area (Å²) in [6.07, 6.45) is 0. The number of hydrogen-bond donors (Lipinski definition) is 1. The standard InChI is InChI=1S/C17H23N5O2S/c1-5-21(6-2)16(23)15-14(12-7-9-13(24-4)10-8-12)20-22-11(3)18-19-17(22)25-15/h7-10,14-15,20H,5-6H2,1-4H3/t14-,15+/m1/s1. The van der Waals surface area contributed by atoms with Crippen LogP contribution in [-0.2, 0) is 4.79 Å². The van der Waals surface area contributed by atoms with E-state index in [2.05, 4.69) is 15.6 Å². The van der Waals surface area contributed by atoms with E-state index in [1.165, 1.54) is 11.8 Å². The monoisotopic (exact) mass is 361 g/mol. The minimum absolute atomic E-state index is 0.107. The summed E-state index contributed by atoms with van der Waals surface area (Å²) in [7, 11) is 1.64. The number of thioether (sulfide) groups is 1. The smallest absolute Gasteiger partial charge is 0.238 e. The first-order chi connectivity index (χ1) is 12.1. The Balaban J connectivity index is 1.97. The molecular weight excluding hydrogens is 338 g/mol. The molecule has 2 aromatic rings. The van der Waals surface area contributed by atoms with Crippen molar-refractivity contribution in [3.05, 3.63) is 35.7 Å². The minimum atomic E-state index is -0.301. The molecule has 2 atom stereocenters. The van der Waals surface area contributed by atoms with E-state index in [4.69, 9.17) is 4.74 Å². The lowest BCUT2D eigenvalue weighted by Crippen LogP contribution is -2.46. The van der Waals surface area contributed by atoms with Gasteiger partial charge in [-0.3, -0.25) is 4.79 Å². The first kappa shape index (κ1) is 17.6. The number of rotatable bonds is 5. The molecule has 134 valence electrons. The summed E-state index contributed by atoms with van der Waals surface area (Å²) in [5, 5.41) is 8.71. The predicted molar refractivity (Wildman–Crippen MR) is 97.4 cm³/mol. The second-order valence-corrected chi connectivity index (χ2v) is 6.90. The molecule has 1 aliphatic rings. The number of carbonyl (C=O) groups excluding carboxylic acids is 1. The van der Waals surface area contributed by atoms with Gasteiger partial charge >= 0.3 is 0 Å². The highest BCUT2D eigenvalue weighted by molar-refractivity contribution is 8.00. The van der Waals surface area contributed by atoms with Crippen LogP contribution in [0.1, 0.15) is 31.3 Å². The number of fused-ring (bicyclic) bond motifs is 1. The van der Waals surface area contributed by atoms with Gasteiger partial charge in [-0.25, -0.2) is 4.68 Å². The molecule has 2 heterocycles. The molecule has 0 radical (unpaired) electrons. The van der Waals surface area contributed by atoms with Crippen LogP contribution in [0.25, 0.3) is 0 Å². The lowest BCUT2D eigenvalue weighted by Gasteiger charge is -2.35. The highest BCUT2D eigenvalue weighted by atomic mass is 32.2. The van der Waals surface area contributed by atoms with Gasteiger partial charge in [-0.2, -0.15) is 0 Å². The number of benzene rings is 1. The van der Waals surface area contributed by atoms with Gasteiger partial charge in [-0.15, -0.1) is 10.2 Å². The minimum Gasteiger partial charge on any atom is -0.497 e. The fourth-order valence-corrected chi connectivity index (χ4v) is 4.13. The molecule has 0 aliphatic carbocycles. The zero-order valence-electron chi connectivity index (χ0n) is 14.9. The Morgan fingerprint density at radius 2 is 1.96 bits per heavy atom. The van der Waals surface area contributed by atoms with Gasteiger partial charge in [0.05, 0.1) is 13.2 Å². The third kappa shape index (κ3) is 3.30. The van der Waals surface area contributed by atoms with Crippen LogP contribution in [0.4, 0.5) is 0 Å². The summed E-state index contributed by atoms with van der Waals surface area (Å²) >= 11 is 1.46. The number of nitrogens with zero attached hydrogens (tertiary/aromatic N) is 4. The summed E-state index contributed by atoms with van der Waals surface area (Å²) < 4.78 is 7.09. The van der Waals surface area contributed by atoms with E-state index in [0.717, 1.165) is 17.1 Å². The maximum Gasteiger partial charge on any atom is 0.238 e. The molecule has 7 nitrogen and oxygen atoms in total. The van der Waals surface area contributed by atoms with Crippen LogP contribution in [0.15, 0.2) is 29.4 Å². The van der Waals surface area contributed by atoms with Crippen molar-refractivity contribution in [1.82, 2.24) is 19.8 Å². The topological polar surface area (TPSA) is 72.3 Å². The van der Waals surface area contributed by atoms with Crippen LogP contribution in [-0.4, -0.2) is 51.1 Å². The Bertz CT molecular complexity index is 742. The molecule has 0 saturated heterocycles. The van der Waals surface area contributed by atoms with Crippen LogP contribution in [0.3, 0.4) is 0 Å². The second kappa shape index (κ2) is 7.35. The average molecular weight is 361 g/mol. The SMILES string of the molecule is CCN(CC)C(=O)[C@H]1Sc2nnc(C)n2N[C@@H]1c1ccc(OC)cc1. The number of carbonyl (C=O) groups is 1. The molecule has 0 fully saturated rings. The third-order valence-electron chi connectivity index (χ3n) is 4.39. The van der Waals surface area contributed by atoms with Gasteiger partial charge in [0.15, 0.2) is 0 Å². The fraction of sp³-hybridized carbons (Fsp3) is 0.471. The Morgan fingerprint density at radius 1 is 1.28 bits per heavy atom. The molecule has 1 aromatic heterocycles. The van der Waals surface area contributed by atoms with E-state index in [9.17, 15) is 4.79 Å². The van der Waals surface area contributed by atoms with Crippen molar-refractivity contribution in [3.8, 4) is 5.75 Å². The van der Waals surface area contributed by atoms with Crippen molar-refractivity contribution in [1.29, 1.82) is 0 Å². The maximum absolute atomic E-state index is 13.1. The van der Waals surface area contributed by atoms with Crippen LogP contribution in [0.2, 0.25) is 0 Å². The van der Waals surface area contributed by atoms with Crippen LogP contribution >= 0.6 is 11.8 Å². The number of aromatic nitrogens is 3. The number of ether oxygens (including phenoxy) is 1. The molecule has 0 spiro atoms. The molecule has 25 heavy (non-hydrogen) atoms. The zero-order chi connectivity index (χ0) is 18.0. The van der Waals surface area contributed by atoms with Gasteiger partial charge in [0.1, 0.15) is 16.8 Å². The largest absolute Gasteiger partial charge is 0.497 e. The van der Waals surface area contributed by atoms with E-state index < -0.39 is 0 Å². The van der Waals surface area contributed by atoms with E-state index in [0.29, 0.717) is 18.2 Å². The predicted octanol–water partition coefficient (Wildman–Crippen LogP) is 2.22. The quantitative estimate of drug-likeness (QED) is 0.880. The van der Waals surface area contributed by atoms with E-state index in [-0.39, 0.29) is 17.2 Å². The molecule has 1 aromatic carbocycles. The van der Waals surface area contributed by atoms with Gasteiger partial charge in [-0.05, 0) is 38.5 Å². The molecule has 1 amide bonds. The van der Waals surface area contributed by atoms with Crippen molar-refractivity contribution < 1.29 is 9.53 Å². The maximum atomic E-state index is 13.1. The molecule has 0 saturated carbocycles. The summed E-state index contributed by atoms with van der Waals surface area (Å²) in [6, 6.07) is 7.63. The lowest BCUT2D eigenvalue weighted by atomic mass is 10.0. The number of methoxy groups -OCH3 is 1. The van der Waals surface area contributed by atoms with Crippen LogP contribution in [0.5, 0.6) is 5.75 Å². The van der Waals surface area contributed by atoms with Gasteiger partial charge in [0.2, 0.25) is 11.1 Å². The lowest BCUT2D eigenvalue weighted by molar-refractivity contribution is -0.130. The number of hydrogen-bond acceptors (Lipinski definition) is 6. The number of amides is 1. The molecule has 1 N–H and O–H groups in total. The molecule has 3 rings (SSSR count). The molecule has 8 heteroatoms. The Kier molecular flexibility index (Phi) is 5.17. The normalized spacial score (nSPS) is 19.0. The summed E-state index contributed by atoms with van der Waals surface area (Å²) in [5.74, 6) is 1.67. The summed E-state index contributed by atoms with van der Waals surface area (Å²) in [4.78, 5) is 14.9. The first-order valence-electron chi connectivity index (χ1n) is 8.37. The Hall–Kier alpha value is -2.22. The molecule has 0 bridgehead atoms. The van der Waals surface area contributed by atoms with Crippen molar-refractivity contribution in [2.24, 2.45) is 0 Å². The van der Waals surface area contributed by atoms with Gasteiger partial charge in [0.25, 0.3) is 0 Å². The fourth-order valence-electron chi connectivity index (χ4n) is 2.93. The molecule has 0 unspecified atom stereocenters. The van der Waals surface area contributed by atoms with Gasteiger partial charge in [-0.1, -0.05) is 23.9 Å². The second-order valence-electron chi connectivity index (χ2n) is 5.79. The Labute approximate surface area is 151 Å². The van der Waals surface area contributed by atoms with E-state index in [1.807, 2.05) is 54.6 Å². The van der Waals surface area contributed by atoms with E-state index in [1.54, 1.807) is 7.11 Å². The van der Waals surface area contributed by atoms with E-state index >= 15 is 0 Å². The number of aryl methyl sites for hydroxylation is 1. The van der Waals surface area contributed by atoms with Crippen LogP contribution in [0, 0.1) is 6.92 Å². The summed E-state index contributed by atoms with van der Waals surface area (Å²) in [6.45, 7) is 7.26. The first-order valence-corrected chi connectivity index (χ1v) is 9.25. The van der Waals surface area contributed by atoms with Gasteiger partial charge in [0, 0.05) is 13.1 Å².